The fourth-order valence-electron chi connectivity index (χ4n) is 3.01. The number of imidazole rings is 1. The van der Waals surface area contributed by atoms with Crippen molar-refractivity contribution in [2.24, 2.45) is 0 Å². The molecule has 0 unspecified atom stereocenters. The molecule has 0 radical (unpaired) electrons. The van der Waals surface area contributed by atoms with Gasteiger partial charge >= 0.3 is 0 Å². The lowest BCUT2D eigenvalue weighted by Gasteiger charge is -2.11. The SMILES string of the molecule is Cc1ccccc1NS(=O)(=O)c1ccc(C(=O)Nc2ccc(-n3ccnc3)cc2)cc1. The van der Waals surface area contributed by atoms with Gasteiger partial charge in [0.2, 0.25) is 0 Å². The Bertz CT molecular complexity index is 1300. The van der Waals surface area contributed by atoms with Crippen LogP contribution in [0.15, 0.2) is 96.4 Å². The average Bonchev–Trinajstić information content (AvgIpc) is 3.31. The molecule has 4 rings (SSSR count). The predicted molar refractivity (Wildman–Crippen MR) is 120 cm³/mol. The van der Waals surface area contributed by atoms with E-state index in [4.69, 9.17) is 0 Å². The topological polar surface area (TPSA) is 93.1 Å². The lowest BCUT2D eigenvalue weighted by Crippen LogP contribution is -2.15. The quantitative estimate of drug-likeness (QED) is 0.477. The van der Waals surface area contributed by atoms with Crippen LogP contribution in [0.2, 0.25) is 0 Å². The number of para-hydroxylation sites is 1. The monoisotopic (exact) mass is 432 g/mol. The maximum absolute atomic E-state index is 12.6. The van der Waals surface area contributed by atoms with Crippen LogP contribution >= 0.6 is 0 Å². The summed E-state index contributed by atoms with van der Waals surface area (Å²) < 4.78 is 29.7. The zero-order valence-corrected chi connectivity index (χ0v) is 17.5. The molecular weight excluding hydrogens is 412 g/mol. The summed E-state index contributed by atoms with van der Waals surface area (Å²) >= 11 is 0. The van der Waals surface area contributed by atoms with Gasteiger partial charge in [0, 0.05) is 29.3 Å². The molecule has 31 heavy (non-hydrogen) atoms. The van der Waals surface area contributed by atoms with E-state index in [1.165, 1.54) is 24.3 Å². The summed E-state index contributed by atoms with van der Waals surface area (Å²) in [6.45, 7) is 1.83. The van der Waals surface area contributed by atoms with Crippen LogP contribution in [0.5, 0.6) is 0 Å². The number of benzene rings is 3. The van der Waals surface area contributed by atoms with E-state index in [9.17, 15) is 13.2 Å². The molecule has 0 aliphatic rings. The summed E-state index contributed by atoms with van der Waals surface area (Å²) in [6.07, 6.45) is 5.21. The van der Waals surface area contributed by atoms with Crippen LogP contribution in [-0.2, 0) is 10.0 Å². The molecular formula is C23H20N4O3S. The fourth-order valence-corrected chi connectivity index (χ4v) is 4.14. The van der Waals surface area contributed by atoms with E-state index in [1.54, 1.807) is 36.8 Å². The normalized spacial score (nSPS) is 11.1. The van der Waals surface area contributed by atoms with Gasteiger partial charge in [-0.3, -0.25) is 9.52 Å². The van der Waals surface area contributed by atoms with Gasteiger partial charge in [-0.05, 0) is 67.1 Å². The van der Waals surface area contributed by atoms with E-state index >= 15 is 0 Å². The molecule has 1 aromatic heterocycles. The van der Waals surface area contributed by atoms with Gasteiger partial charge in [-0.2, -0.15) is 0 Å². The number of nitrogens with one attached hydrogen (secondary N) is 2. The van der Waals surface area contributed by atoms with Crippen molar-refractivity contribution < 1.29 is 13.2 Å². The van der Waals surface area contributed by atoms with Crippen molar-refractivity contribution in [3.63, 3.8) is 0 Å². The van der Waals surface area contributed by atoms with Gasteiger partial charge in [0.15, 0.2) is 0 Å². The van der Waals surface area contributed by atoms with Gasteiger partial charge in [-0.15, -0.1) is 0 Å². The molecule has 3 aromatic carbocycles. The molecule has 7 nitrogen and oxygen atoms in total. The molecule has 4 aromatic rings. The maximum atomic E-state index is 12.6. The Labute approximate surface area is 180 Å². The van der Waals surface area contributed by atoms with Crippen LogP contribution < -0.4 is 10.0 Å². The molecule has 8 heteroatoms. The van der Waals surface area contributed by atoms with Crippen molar-refractivity contribution >= 4 is 27.3 Å². The minimum Gasteiger partial charge on any atom is -0.322 e. The molecule has 2 N–H and O–H groups in total. The smallest absolute Gasteiger partial charge is 0.261 e. The lowest BCUT2D eigenvalue weighted by atomic mass is 10.2. The first-order valence-corrected chi connectivity index (χ1v) is 11.0. The van der Waals surface area contributed by atoms with Crippen molar-refractivity contribution in [1.29, 1.82) is 0 Å². The second kappa shape index (κ2) is 8.45. The average molecular weight is 433 g/mol. The highest BCUT2D eigenvalue weighted by Gasteiger charge is 2.16. The zero-order valence-electron chi connectivity index (χ0n) is 16.7. The first-order chi connectivity index (χ1) is 14.9. The van der Waals surface area contributed by atoms with E-state index in [0.29, 0.717) is 16.9 Å². The molecule has 0 fully saturated rings. The molecule has 1 amide bonds. The van der Waals surface area contributed by atoms with Crippen LogP contribution in [-0.4, -0.2) is 23.9 Å². The molecule has 0 aliphatic heterocycles. The molecule has 156 valence electrons. The van der Waals surface area contributed by atoms with Crippen LogP contribution in [0.25, 0.3) is 5.69 Å². The number of sulfonamides is 1. The Morgan fingerprint density at radius 2 is 1.65 bits per heavy atom. The number of aryl methyl sites for hydroxylation is 1. The highest BCUT2D eigenvalue weighted by atomic mass is 32.2. The number of nitrogens with zero attached hydrogens (tertiary/aromatic N) is 2. The van der Waals surface area contributed by atoms with Gasteiger partial charge in [-0.1, -0.05) is 18.2 Å². The lowest BCUT2D eigenvalue weighted by molar-refractivity contribution is 0.102. The molecule has 0 aliphatic carbocycles. The number of amides is 1. The molecule has 1 heterocycles. The Morgan fingerprint density at radius 1 is 0.935 bits per heavy atom. The Balaban J connectivity index is 1.45. The number of carbonyl (C=O) groups excluding carboxylic acids is 1. The van der Waals surface area contributed by atoms with Gasteiger partial charge < -0.3 is 9.88 Å². The third kappa shape index (κ3) is 4.65. The summed E-state index contributed by atoms with van der Waals surface area (Å²) in [6, 6.07) is 20.2. The van der Waals surface area contributed by atoms with Crippen molar-refractivity contribution in [3.8, 4) is 5.69 Å². The van der Waals surface area contributed by atoms with E-state index < -0.39 is 10.0 Å². The number of carbonyl (C=O) groups is 1. The Morgan fingerprint density at radius 3 is 2.29 bits per heavy atom. The summed E-state index contributed by atoms with van der Waals surface area (Å²) in [5.74, 6) is -0.328. The summed E-state index contributed by atoms with van der Waals surface area (Å²) in [5, 5.41) is 2.81. The third-order valence-electron chi connectivity index (χ3n) is 4.74. The van der Waals surface area contributed by atoms with Gasteiger partial charge in [-0.25, -0.2) is 13.4 Å². The number of hydrogen-bond donors (Lipinski definition) is 2. The largest absolute Gasteiger partial charge is 0.322 e. The van der Waals surface area contributed by atoms with Gasteiger partial charge in [0.05, 0.1) is 16.9 Å². The van der Waals surface area contributed by atoms with Crippen molar-refractivity contribution in [1.82, 2.24) is 9.55 Å². The molecule has 0 saturated heterocycles. The van der Waals surface area contributed by atoms with Crippen molar-refractivity contribution in [3.05, 3.63) is 103 Å². The second-order valence-corrected chi connectivity index (χ2v) is 8.60. The standard InChI is InChI=1S/C23H20N4O3S/c1-17-4-2-3-5-22(17)26-31(29,30)21-12-6-18(7-13-21)23(28)25-19-8-10-20(11-9-19)27-15-14-24-16-27/h2-16,26H,1H3,(H,25,28). The van der Waals surface area contributed by atoms with Crippen LogP contribution in [0, 0.1) is 6.92 Å². The van der Waals surface area contributed by atoms with Crippen molar-refractivity contribution in [2.45, 2.75) is 11.8 Å². The minimum atomic E-state index is -3.75. The number of aromatic nitrogens is 2. The van der Waals surface area contributed by atoms with Crippen LogP contribution in [0.3, 0.4) is 0 Å². The second-order valence-electron chi connectivity index (χ2n) is 6.92. The third-order valence-corrected chi connectivity index (χ3v) is 6.13. The van der Waals surface area contributed by atoms with E-state index in [1.807, 2.05) is 42.0 Å². The van der Waals surface area contributed by atoms with Crippen LogP contribution in [0.4, 0.5) is 11.4 Å². The first kappa shape index (κ1) is 20.4. The Kier molecular flexibility index (Phi) is 5.55. The fraction of sp³-hybridized carbons (Fsp3) is 0.0435. The van der Waals surface area contributed by atoms with E-state index in [2.05, 4.69) is 15.0 Å². The van der Waals surface area contributed by atoms with Crippen molar-refractivity contribution in [2.75, 3.05) is 10.0 Å². The highest BCUT2D eigenvalue weighted by molar-refractivity contribution is 7.92. The summed E-state index contributed by atoms with van der Waals surface area (Å²) in [4.78, 5) is 16.6. The summed E-state index contributed by atoms with van der Waals surface area (Å²) in [7, 11) is -3.75. The molecule has 0 spiro atoms. The van der Waals surface area contributed by atoms with E-state index in [0.717, 1.165) is 11.3 Å². The molecule has 0 saturated carbocycles. The van der Waals surface area contributed by atoms with Gasteiger partial charge in [0.25, 0.3) is 15.9 Å². The Hall–Kier alpha value is -3.91. The predicted octanol–water partition coefficient (Wildman–Crippen LogP) is 4.23. The highest BCUT2D eigenvalue weighted by Crippen LogP contribution is 2.20. The van der Waals surface area contributed by atoms with E-state index in [-0.39, 0.29) is 10.8 Å². The number of anilines is 2. The van der Waals surface area contributed by atoms with Crippen LogP contribution in [0.1, 0.15) is 15.9 Å². The first-order valence-electron chi connectivity index (χ1n) is 9.51. The number of rotatable bonds is 6. The minimum absolute atomic E-state index is 0.0805. The summed E-state index contributed by atoms with van der Waals surface area (Å²) in [5.41, 5.74) is 3.25. The molecule has 0 atom stereocenters. The number of hydrogen-bond acceptors (Lipinski definition) is 4. The van der Waals surface area contributed by atoms with Gasteiger partial charge in [0.1, 0.15) is 0 Å². The maximum Gasteiger partial charge on any atom is 0.261 e. The zero-order chi connectivity index (χ0) is 21.8. The molecule has 0 bridgehead atoms.